The number of methoxy groups -OCH3 is 1. The minimum absolute atomic E-state index is 0.0908. The third-order valence-electron chi connectivity index (χ3n) is 6.36. The molecule has 0 aliphatic carbocycles. The minimum Gasteiger partial charge on any atom is -0.468 e. The summed E-state index contributed by atoms with van der Waals surface area (Å²) in [5, 5.41) is 12.3. The van der Waals surface area contributed by atoms with Crippen LogP contribution in [0, 0.1) is 0 Å². The molecule has 4 rings (SSSR count). The van der Waals surface area contributed by atoms with Crippen molar-refractivity contribution in [1.29, 1.82) is 0 Å². The molecule has 4 unspecified atom stereocenters. The van der Waals surface area contributed by atoms with E-state index in [1.165, 1.54) is 14.0 Å². The van der Waals surface area contributed by atoms with Crippen LogP contribution in [-0.2, 0) is 20.7 Å². The van der Waals surface area contributed by atoms with Crippen LogP contribution in [0.5, 0.6) is 0 Å². The number of aromatic nitrogens is 1. The molecule has 7 heteroatoms. The number of aliphatic hydroxyl groups is 1. The van der Waals surface area contributed by atoms with Crippen molar-refractivity contribution in [3.63, 3.8) is 0 Å². The average Bonchev–Trinajstić information content (AvgIpc) is 3.15. The van der Waals surface area contributed by atoms with Crippen molar-refractivity contribution in [1.82, 2.24) is 9.88 Å². The van der Waals surface area contributed by atoms with Gasteiger partial charge in [-0.2, -0.15) is 0 Å². The molecule has 1 aromatic heterocycles. The molecule has 32 heavy (non-hydrogen) atoms. The van der Waals surface area contributed by atoms with E-state index in [1.807, 2.05) is 66.4 Å². The fourth-order valence-corrected chi connectivity index (χ4v) is 5.57. The van der Waals surface area contributed by atoms with Gasteiger partial charge in [-0.15, -0.1) is 0 Å². The second-order valence-electron chi connectivity index (χ2n) is 8.37. The summed E-state index contributed by atoms with van der Waals surface area (Å²) in [5.41, 5.74) is 2.43. The summed E-state index contributed by atoms with van der Waals surface area (Å²) < 4.78 is 5.19. The molecule has 2 aromatic carbocycles. The Bertz CT molecular complexity index is 1140. The van der Waals surface area contributed by atoms with Crippen molar-refractivity contribution in [2.45, 2.75) is 50.3 Å². The van der Waals surface area contributed by atoms with Crippen LogP contribution in [0.15, 0.2) is 54.6 Å². The van der Waals surface area contributed by atoms with Crippen LogP contribution in [-0.4, -0.2) is 50.2 Å². The Kier molecular flexibility index (Phi) is 6.16. The zero-order valence-corrected chi connectivity index (χ0v) is 19.5. The first-order valence-corrected chi connectivity index (χ1v) is 11.5. The van der Waals surface area contributed by atoms with Gasteiger partial charge in [0.15, 0.2) is 5.12 Å². The van der Waals surface area contributed by atoms with Crippen LogP contribution in [0.4, 0.5) is 0 Å². The molecule has 0 saturated heterocycles. The Balaban J connectivity index is 1.97. The van der Waals surface area contributed by atoms with E-state index in [0.29, 0.717) is 6.42 Å². The van der Waals surface area contributed by atoms with Crippen molar-refractivity contribution >= 4 is 33.7 Å². The topological polar surface area (TPSA) is 82.6 Å². The maximum absolute atomic E-state index is 13.1. The Morgan fingerprint density at radius 3 is 2.50 bits per heavy atom. The van der Waals surface area contributed by atoms with Crippen LogP contribution >= 0.6 is 11.8 Å². The van der Waals surface area contributed by atoms with Gasteiger partial charge in [-0.05, 0) is 31.0 Å². The molecule has 0 amide bonds. The molecule has 2 N–H and O–H groups in total. The van der Waals surface area contributed by atoms with Crippen LogP contribution in [0.3, 0.4) is 0 Å². The molecule has 1 aliphatic rings. The smallest absolute Gasteiger partial charge is 0.323 e. The summed E-state index contributed by atoms with van der Waals surface area (Å²) in [5.74, 6) is -0.415. The molecule has 3 aromatic rings. The van der Waals surface area contributed by atoms with Crippen LogP contribution in [0.2, 0.25) is 0 Å². The molecule has 6 nitrogen and oxygen atoms in total. The second kappa shape index (κ2) is 8.73. The quantitative estimate of drug-likeness (QED) is 0.569. The van der Waals surface area contributed by atoms with Gasteiger partial charge in [0.25, 0.3) is 0 Å². The van der Waals surface area contributed by atoms with E-state index in [0.717, 1.165) is 39.5 Å². The predicted molar refractivity (Wildman–Crippen MR) is 126 cm³/mol. The number of rotatable bonds is 5. The minimum atomic E-state index is -1.48. The lowest BCUT2D eigenvalue weighted by Gasteiger charge is -2.50. The lowest BCUT2D eigenvalue weighted by atomic mass is 9.85. The van der Waals surface area contributed by atoms with Gasteiger partial charge in [-0.25, -0.2) is 4.90 Å². The molecular weight excluding hydrogens is 424 g/mol. The Hall–Kier alpha value is -2.61. The first kappa shape index (κ1) is 22.6. The van der Waals surface area contributed by atoms with Gasteiger partial charge >= 0.3 is 5.97 Å². The number of hydrogen-bond acceptors (Lipinski definition) is 6. The van der Waals surface area contributed by atoms with Gasteiger partial charge < -0.3 is 14.8 Å². The maximum Gasteiger partial charge on any atom is 0.323 e. The number of carbonyl (C=O) groups excluding carboxylic acids is 2. The second-order valence-corrected chi connectivity index (χ2v) is 9.89. The van der Waals surface area contributed by atoms with Crippen LogP contribution in [0.1, 0.15) is 43.6 Å². The van der Waals surface area contributed by atoms with Gasteiger partial charge in [0.1, 0.15) is 11.8 Å². The van der Waals surface area contributed by atoms with Crippen molar-refractivity contribution < 1.29 is 19.4 Å². The number of aromatic amines is 1. The van der Waals surface area contributed by atoms with Gasteiger partial charge in [-0.1, -0.05) is 60.3 Å². The molecule has 0 saturated carbocycles. The number of hydrogen-bond donors (Lipinski definition) is 2. The summed E-state index contributed by atoms with van der Waals surface area (Å²) in [4.78, 5) is 30.3. The molecule has 168 valence electrons. The highest BCUT2D eigenvalue weighted by Gasteiger charge is 2.51. The van der Waals surface area contributed by atoms with E-state index in [-0.39, 0.29) is 5.12 Å². The Labute approximate surface area is 192 Å². The summed E-state index contributed by atoms with van der Waals surface area (Å²) in [6.07, 6.45) is 0.392. The lowest BCUT2D eigenvalue weighted by molar-refractivity contribution is -0.171. The van der Waals surface area contributed by atoms with E-state index in [1.54, 1.807) is 6.92 Å². The van der Waals surface area contributed by atoms with Crippen LogP contribution < -0.4 is 0 Å². The predicted octanol–water partition coefficient (Wildman–Crippen LogP) is 4.03. The largest absolute Gasteiger partial charge is 0.468 e. The number of benzene rings is 2. The van der Waals surface area contributed by atoms with E-state index < -0.39 is 29.0 Å². The third-order valence-corrected chi connectivity index (χ3v) is 7.49. The molecule has 0 fully saturated rings. The monoisotopic (exact) mass is 452 g/mol. The average molecular weight is 453 g/mol. The highest BCUT2D eigenvalue weighted by Crippen LogP contribution is 2.46. The van der Waals surface area contributed by atoms with Crippen molar-refractivity contribution in [2.24, 2.45) is 0 Å². The summed E-state index contributed by atoms with van der Waals surface area (Å²) >= 11 is 1.07. The molecule has 2 heterocycles. The number of ether oxygens (including phenoxy) is 1. The third kappa shape index (κ3) is 3.85. The SMILES string of the molecule is COC(=O)C1Cc2c([nH]c3ccccc23)C(c2ccccc2)N1C(C)(O)C(C)SC(C)=O. The standard InChI is InChI=1S/C25H28N2O4S/c1-15(32-16(2)28)25(3,30)27-21(24(29)31-4)14-19-18-12-8-9-13-20(18)26-22(19)23(27)17-10-6-5-7-11-17/h5-13,15,21,23,26,30H,14H2,1-4H3. The van der Waals surface area contributed by atoms with Crippen molar-refractivity contribution in [3.8, 4) is 0 Å². The van der Waals surface area contributed by atoms with E-state index >= 15 is 0 Å². The Morgan fingerprint density at radius 1 is 1.19 bits per heavy atom. The van der Waals surface area contributed by atoms with Crippen LogP contribution in [0.25, 0.3) is 10.9 Å². The number of carbonyl (C=O) groups is 2. The normalized spacial score (nSPS) is 21.5. The summed E-state index contributed by atoms with van der Waals surface area (Å²) in [6, 6.07) is 16.7. The van der Waals surface area contributed by atoms with Crippen molar-refractivity contribution in [2.75, 3.05) is 7.11 Å². The summed E-state index contributed by atoms with van der Waals surface area (Å²) in [6.45, 7) is 4.96. The van der Waals surface area contributed by atoms with Gasteiger partial charge in [0.2, 0.25) is 0 Å². The first-order valence-electron chi connectivity index (χ1n) is 10.7. The molecule has 0 spiro atoms. The van der Waals surface area contributed by atoms with Crippen molar-refractivity contribution in [3.05, 3.63) is 71.4 Å². The number of para-hydroxylation sites is 1. The number of esters is 1. The number of nitrogens with one attached hydrogen (secondary N) is 1. The zero-order chi connectivity index (χ0) is 23.0. The zero-order valence-electron chi connectivity index (χ0n) is 18.7. The van der Waals surface area contributed by atoms with Gasteiger partial charge in [0, 0.05) is 29.9 Å². The molecular formula is C25H28N2O4S. The first-order chi connectivity index (χ1) is 15.3. The molecule has 0 radical (unpaired) electrons. The molecule has 0 bridgehead atoms. The number of H-pyrrole nitrogens is 1. The fraction of sp³-hybridized carbons (Fsp3) is 0.360. The number of nitrogens with zero attached hydrogens (tertiary/aromatic N) is 1. The molecule has 4 atom stereocenters. The fourth-order valence-electron chi connectivity index (χ4n) is 4.73. The van der Waals surface area contributed by atoms with E-state index in [9.17, 15) is 14.7 Å². The number of thioether (sulfide) groups is 1. The van der Waals surface area contributed by atoms with E-state index in [2.05, 4.69) is 4.98 Å². The lowest BCUT2D eigenvalue weighted by Crippen LogP contribution is -2.62. The highest BCUT2D eigenvalue weighted by atomic mass is 32.2. The molecule has 1 aliphatic heterocycles. The number of fused-ring (bicyclic) bond motifs is 3. The Morgan fingerprint density at radius 2 is 1.84 bits per heavy atom. The van der Waals surface area contributed by atoms with E-state index in [4.69, 9.17) is 4.74 Å². The van der Waals surface area contributed by atoms with Gasteiger partial charge in [0.05, 0.1) is 18.4 Å². The van der Waals surface area contributed by atoms with Gasteiger partial charge in [-0.3, -0.25) is 9.59 Å². The highest BCUT2D eigenvalue weighted by molar-refractivity contribution is 8.14. The summed E-state index contributed by atoms with van der Waals surface area (Å²) in [7, 11) is 1.37. The maximum atomic E-state index is 13.1.